The molecule has 0 spiro atoms. The fourth-order valence-electron chi connectivity index (χ4n) is 3.51. The molecule has 1 saturated heterocycles. The van der Waals surface area contributed by atoms with E-state index in [0.29, 0.717) is 25.4 Å². The SMILES string of the molecule is CN=C(NCc1nnc2n1CCC2)N1CCN(C(=O)c2ccco2)CC1. The Bertz CT molecular complexity index is 788. The zero-order valence-electron chi connectivity index (χ0n) is 14.9. The highest BCUT2D eigenvalue weighted by atomic mass is 16.3. The summed E-state index contributed by atoms with van der Waals surface area (Å²) in [6.07, 6.45) is 3.67. The number of amides is 1. The summed E-state index contributed by atoms with van der Waals surface area (Å²) < 4.78 is 7.39. The van der Waals surface area contributed by atoms with Crippen LogP contribution in [-0.2, 0) is 19.5 Å². The van der Waals surface area contributed by atoms with Crippen LogP contribution in [0.4, 0.5) is 0 Å². The summed E-state index contributed by atoms with van der Waals surface area (Å²) in [7, 11) is 1.77. The number of nitrogens with one attached hydrogen (secondary N) is 1. The van der Waals surface area contributed by atoms with Crippen molar-refractivity contribution in [1.29, 1.82) is 0 Å². The summed E-state index contributed by atoms with van der Waals surface area (Å²) in [6.45, 7) is 4.33. The zero-order valence-corrected chi connectivity index (χ0v) is 14.9. The molecule has 0 aliphatic carbocycles. The molecule has 26 heavy (non-hydrogen) atoms. The van der Waals surface area contributed by atoms with Gasteiger partial charge in [-0.15, -0.1) is 10.2 Å². The van der Waals surface area contributed by atoms with Crippen LogP contribution in [0.1, 0.15) is 28.6 Å². The molecular formula is C17H23N7O2. The Hall–Kier alpha value is -2.84. The van der Waals surface area contributed by atoms with Crippen molar-refractivity contribution in [3.8, 4) is 0 Å². The predicted molar refractivity (Wildman–Crippen MR) is 94.7 cm³/mol. The zero-order chi connectivity index (χ0) is 17.9. The van der Waals surface area contributed by atoms with Crippen LogP contribution in [0.2, 0.25) is 0 Å². The third-order valence-electron chi connectivity index (χ3n) is 4.90. The summed E-state index contributed by atoms with van der Waals surface area (Å²) in [4.78, 5) is 20.7. The van der Waals surface area contributed by atoms with Gasteiger partial charge in [-0.05, 0) is 18.6 Å². The minimum Gasteiger partial charge on any atom is -0.459 e. The van der Waals surface area contributed by atoms with E-state index >= 15 is 0 Å². The number of carbonyl (C=O) groups is 1. The number of furan rings is 1. The normalized spacial score (nSPS) is 17.5. The van der Waals surface area contributed by atoms with E-state index in [1.807, 2.05) is 4.90 Å². The number of aryl methyl sites for hydroxylation is 1. The van der Waals surface area contributed by atoms with Gasteiger partial charge in [-0.1, -0.05) is 0 Å². The molecule has 0 atom stereocenters. The van der Waals surface area contributed by atoms with E-state index in [0.717, 1.165) is 50.1 Å². The van der Waals surface area contributed by atoms with Crippen LogP contribution in [0.5, 0.6) is 0 Å². The quantitative estimate of drug-likeness (QED) is 0.630. The number of hydrogen-bond acceptors (Lipinski definition) is 5. The fraction of sp³-hybridized carbons (Fsp3) is 0.529. The first-order valence-corrected chi connectivity index (χ1v) is 8.95. The molecule has 4 heterocycles. The monoisotopic (exact) mass is 357 g/mol. The fourth-order valence-corrected chi connectivity index (χ4v) is 3.51. The Morgan fingerprint density at radius 2 is 2.04 bits per heavy atom. The molecule has 0 aromatic carbocycles. The first kappa shape index (κ1) is 16.6. The number of aliphatic imine (C=N–C) groups is 1. The van der Waals surface area contributed by atoms with E-state index in [1.165, 1.54) is 6.26 Å². The van der Waals surface area contributed by atoms with Crippen molar-refractivity contribution in [1.82, 2.24) is 29.9 Å². The Balaban J connectivity index is 1.31. The lowest BCUT2D eigenvalue weighted by molar-refractivity contribution is 0.0657. The van der Waals surface area contributed by atoms with Crippen molar-refractivity contribution < 1.29 is 9.21 Å². The van der Waals surface area contributed by atoms with Crippen molar-refractivity contribution in [2.24, 2.45) is 4.99 Å². The van der Waals surface area contributed by atoms with Crippen LogP contribution in [-0.4, -0.2) is 69.7 Å². The average Bonchev–Trinajstić information content (AvgIpc) is 3.41. The van der Waals surface area contributed by atoms with E-state index in [9.17, 15) is 4.79 Å². The van der Waals surface area contributed by atoms with E-state index in [4.69, 9.17) is 4.42 Å². The predicted octanol–water partition coefficient (Wildman–Crippen LogP) is 0.351. The summed E-state index contributed by atoms with van der Waals surface area (Å²) in [6, 6.07) is 3.43. The van der Waals surface area contributed by atoms with Crippen LogP contribution in [0.15, 0.2) is 27.8 Å². The van der Waals surface area contributed by atoms with Crippen LogP contribution >= 0.6 is 0 Å². The number of nitrogens with zero attached hydrogens (tertiary/aromatic N) is 6. The maximum absolute atomic E-state index is 12.3. The third-order valence-corrected chi connectivity index (χ3v) is 4.90. The van der Waals surface area contributed by atoms with Crippen molar-refractivity contribution in [3.05, 3.63) is 35.8 Å². The van der Waals surface area contributed by atoms with Crippen molar-refractivity contribution >= 4 is 11.9 Å². The Labute approximate surface area is 151 Å². The van der Waals surface area contributed by atoms with Gasteiger partial charge in [-0.2, -0.15) is 0 Å². The Morgan fingerprint density at radius 1 is 1.23 bits per heavy atom. The highest BCUT2D eigenvalue weighted by Crippen LogP contribution is 2.14. The van der Waals surface area contributed by atoms with Gasteiger partial charge in [-0.25, -0.2) is 0 Å². The second-order valence-corrected chi connectivity index (χ2v) is 6.44. The van der Waals surface area contributed by atoms with Gasteiger partial charge in [0.25, 0.3) is 5.91 Å². The molecular weight excluding hydrogens is 334 g/mol. The Morgan fingerprint density at radius 3 is 2.77 bits per heavy atom. The lowest BCUT2D eigenvalue weighted by Crippen LogP contribution is -2.53. The summed E-state index contributed by atoms with van der Waals surface area (Å²) in [5, 5.41) is 11.9. The van der Waals surface area contributed by atoms with E-state index < -0.39 is 0 Å². The first-order chi connectivity index (χ1) is 12.8. The smallest absolute Gasteiger partial charge is 0.289 e. The number of hydrogen-bond donors (Lipinski definition) is 1. The van der Waals surface area contributed by atoms with Crippen LogP contribution in [0.3, 0.4) is 0 Å². The number of piperazine rings is 1. The molecule has 1 N–H and O–H groups in total. The molecule has 2 aliphatic heterocycles. The third kappa shape index (κ3) is 3.16. The van der Waals surface area contributed by atoms with Gasteiger partial charge >= 0.3 is 0 Å². The van der Waals surface area contributed by atoms with E-state index in [-0.39, 0.29) is 5.91 Å². The second kappa shape index (κ2) is 7.19. The number of aromatic nitrogens is 3. The largest absolute Gasteiger partial charge is 0.459 e. The summed E-state index contributed by atoms with van der Waals surface area (Å²) >= 11 is 0. The topological polar surface area (TPSA) is 91.8 Å². The molecule has 9 nitrogen and oxygen atoms in total. The second-order valence-electron chi connectivity index (χ2n) is 6.44. The molecule has 0 unspecified atom stereocenters. The number of rotatable bonds is 3. The van der Waals surface area contributed by atoms with Crippen LogP contribution < -0.4 is 5.32 Å². The molecule has 2 aliphatic rings. The lowest BCUT2D eigenvalue weighted by Gasteiger charge is -2.36. The molecule has 2 aromatic heterocycles. The molecule has 2 aromatic rings. The van der Waals surface area contributed by atoms with Crippen molar-refractivity contribution in [2.75, 3.05) is 33.2 Å². The maximum atomic E-state index is 12.3. The van der Waals surface area contributed by atoms with Gasteiger partial charge in [0, 0.05) is 46.2 Å². The lowest BCUT2D eigenvalue weighted by atomic mass is 10.3. The summed E-state index contributed by atoms with van der Waals surface area (Å²) in [5.74, 6) is 3.18. The van der Waals surface area contributed by atoms with E-state index in [2.05, 4.69) is 30.0 Å². The molecule has 9 heteroatoms. The highest BCUT2D eigenvalue weighted by Gasteiger charge is 2.25. The van der Waals surface area contributed by atoms with Crippen molar-refractivity contribution in [2.45, 2.75) is 25.9 Å². The maximum Gasteiger partial charge on any atom is 0.289 e. The van der Waals surface area contributed by atoms with Crippen molar-refractivity contribution in [3.63, 3.8) is 0 Å². The van der Waals surface area contributed by atoms with Crippen LogP contribution in [0.25, 0.3) is 0 Å². The minimum absolute atomic E-state index is 0.0587. The van der Waals surface area contributed by atoms with Gasteiger partial charge in [0.1, 0.15) is 5.82 Å². The van der Waals surface area contributed by atoms with Gasteiger partial charge in [0.05, 0.1) is 12.8 Å². The summed E-state index contributed by atoms with van der Waals surface area (Å²) in [5.41, 5.74) is 0. The van der Waals surface area contributed by atoms with Gasteiger partial charge in [-0.3, -0.25) is 9.79 Å². The molecule has 0 saturated carbocycles. The molecule has 0 radical (unpaired) electrons. The Kier molecular flexibility index (Phi) is 4.59. The van der Waals surface area contributed by atoms with Gasteiger partial charge < -0.3 is 24.1 Å². The van der Waals surface area contributed by atoms with E-state index in [1.54, 1.807) is 19.2 Å². The minimum atomic E-state index is -0.0587. The molecule has 1 fully saturated rings. The van der Waals surface area contributed by atoms with Crippen LogP contribution in [0, 0.1) is 0 Å². The highest BCUT2D eigenvalue weighted by molar-refractivity contribution is 5.91. The number of carbonyl (C=O) groups excluding carboxylic acids is 1. The number of fused-ring (bicyclic) bond motifs is 1. The van der Waals surface area contributed by atoms with Gasteiger partial charge in [0.15, 0.2) is 17.5 Å². The first-order valence-electron chi connectivity index (χ1n) is 8.95. The van der Waals surface area contributed by atoms with Gasteiger partial charge in [0.2, 0.25) is 0 Å². The molecule has 4 rings (SSSR count). The standard InChI is InChI=1S/C17H23N7O2/c1-18-17(19-12-15-21-20-14-5-2-6-24(14)15)23-9-7-22(8-10-23)16(25)13-4-3-11-26-13/h3-4,11H,2,5-10,12H2,1H3,(H,18,19). The molecule has 0 bridgehead atoms. The molecule has 138 valence electrons. The average molecular weight is 357 g/mol. The number of guanidine groups is 1. The molecule has 1 amide bonds.